The Hall–Kier alpha value is 0.392. The van der Waals surface area contributed by atoms with Gasteiger partial charge in [-0.25, -0.2) is 0 Å². The Kier molecular flexibility index (Phi) is 8.76. The molecule has 0 heterocycles. The van der Waals surface area contributed by atoms with Crippen LogP contribution in [0.15, 0.2) is 0 Å². The van der Waals surface area contributed by atoms with Crippen molar-refractivity contribution in [1.82, 2.24) is 0 Å². The van der Waals surface area contributed by atoms with Gasteiger partial charge in [-0.05, 0) is 0 Å². The zero-order valence-corrected chi connectivity index (χ0v) is 6.60. The summed E-state index contributed by atoms with van der Waals surface area (Å²) in [6, 6.07) is 0. The summed E-state index contributed by atoms with van der Waals surface area (Å²) in [4.78, 5) is 0. The fraction of sp³-hybridized carbons (Fsp3) is 1.00. The van der Waals surface area contributed by atoms with Crippen LogP contribution in [0.3, 0.4) is 0 Å². The third kappa shape index (κ3) is 4.87. The molecule has 1 aliphatic carbocycles. The van der Waals surface area contributed by atoms with E-state index in [1.54, 1.807) is 0 Å². The van der Waals surface area contributed by atoms with Gasteiger partial charge in [-0.15, -0.1) is 0 Å². The Balaban J connectivity index is 0. The summed E-state index contributed by atoms with van der Waals surface area (Å²) >= 11 is 2.91. The van der Waals surface area contributed by atoms with Gasteiger partial charge in [0, 0.05) is 0 Å². The fourth-order valence-electron chi connectivity index (χ4n) is 1.13. The van der Waals surface area contributed by atoms with Crippen molar-refractivity contribution in [2.75, 3.05) is 0 Å². The minimum Gasteiger partial charge on any atom is -1.00 e. The summed E-state index contributed by atoms with van der Waals surface area (Å²) in [5, 5.41) is 0. The summed E-state index contributed by atoms with van der Waals surface area (Å²) in [7, 11) is 0. The zero-order chi connectivity index (χ0) is 5.11. The molecule has 1 rings (SSSR count). The molecule has 0 spiro atoms. The van der Waals surface area contributed by atoms with Crippen molar-refractivity contribution in [2.45, 2.75) is 36.9 Å². The summed E-state index contributed by atoms with van der Waals surface area (Å²) in [6.45, 7) is 0. The van der Waals surface area contributed by atoms with Crippen LogP contribution in [0.25, 0.3) is 0 Å². The molecule has 9 heavy (non-hydrogen) atoms. The third-order valence-electron chi connectivity index (χ3n) is 1.65. The van der Waals surface area contributed by atoms with E-state index < -0.39 is 0 Å². The minimum absolute atomic E-state index is 0. The van der Waals surface area contributed by atoms with E-state index >= 15 is 0 Å². The molecule has 0 nitrogen and oxygen atoms in total. The van der Waals surface area contributed by atoms with Crippen molar-refractivity contribution < 1.29 is 9.41 Å². The van der Waals surface area contributed by atoms with Crippen molar-refractivity contribution in [3.05, 3.63) is 0 Å². The molecular formula is C6H11AlF2. The van der Waals surface area contributed by atoms with E-state index in [1.165, 1.54) is 32.1 Å². The van der Waals surface area contributed by atoms with E-state index in [9.17, 15) is 0 Å². The van der Waals surface area contributed by atoms with Crippen LogP contribution in [-0.2, 0) is 0 Å². The van der Waals surface area contributed by atoms with Gasteiger partial charge in [0.1, 0.15) is 0 Å². The van der Waals surface area contributed by atoms with Crippen molar-refractivity contribution in [3.8, 4) is 0 Å². The Bertz CT molecular complexity index is 53.0. The maximum atomic E-state index is 2.91. The van der Waals surface area contributed by atoms with E-state index in [-0.39, 0.29) is 9.41 Å². The van der Waals surface area contributed by atoms with Crippen LogP contribution in [0.2, 0.25) is 4.78 Å². The van der Waals surface area contributed by atoms with Crippen molar-refractivity contribution in [3.63, 3.8) is 0 Å². The van der Waals surface area contributed by atoms with Crippen LogP contribution < -0.4 is 9.41 Å². The molecule has 0 amide bonds. The topological polar surface area (TPSA) is 0 Å². The number of hydrogen-bond acceptors (Lipinski definition) is 0. The van der Waals surface area contributed by atoms with E-state index in [0.717, 1.165) is 4.78 Å². The van der Waals surface area contributed by atoms with Crippen molar-refractivity contribution >= 4 is 16.3 Å². The molecule has 0 aromatic heterocycles. The van der Waals surface area contributed by atoms with Crippen LogP contribution in [0, 0.1) is 0 Å². The van der Waals surface area contributed by atoms with Gasteiger partial charge in [-0.2, -0.15) is 0 Å². The molecule has 0 radical (unpaired) electrons. The SMILES string of the molecule is [Al+2][CH]1CCCCC1.[F-].[F-]. The Morgan fingerprint density at radius 1 is 0.889 bits per heavy atom. The van der Waals surface area contributed by atoms with Gasteiger partial charge in [-0.3, -0.25) is 0 Å². The predicted octanol–water partition coefficient (Wildman–Crippen LogP) is -4.08. The molecular weight excluding hydrogens is 137 g/mol. The summed E-state index contributed by atoms with van der Waals surface area (Å²) in [5.74, 6) is 0. The van der Waals surface area contributed by atoms with Crippen molar-refractivity contribution in [2.24, 2.45) is 0 Å². The first-order chi connectivity index (χ1) is 3.39. The molecule has 1 aliphatic rings. The number of hydrogen-bond donors (Lipinski definition) is 0. The van der Waals surface area contributed by atoms with Gasteiger partial charge < -0.3 is 9.41 Å². The summed E-state index contributed by atoms with van der Waals surface area (Å²) in [6.07, 6.45) is 7.31. The molecule has 0 N–H and O–H groups in total. The molecule has 0 bridgehead atoms. The van der Waals surface area contributed by atoms with Gasteiger partial charge in [-0.1, -0.05) is 0 Å². The molecule has 1 fully saturated rings. The maximum Gasteiger partial charge on any atom is -1.00 e. The van der Waals surface area contributed by atoms with E-state index in [1.807, 2.05) is 0 Å². The molecule has 0 aromatic rings. The molecule has 0 aromatic carbocycles. The first kappa shape index (κ1) is 12.1. The number of rotatable bonds is 0. The second-order valence-corrected chi connectivity index (χ2v) is 3.34. The second-order valence-electron chi connectivity index (χ2n) is 2.40. The van der Waals surface area contributed by atoms with Crippen LogP contribution in [0.4, 0.5) is 0 Å². The maximum absolute atomic E-state index is 2.91. The van der Waals surface area contributed by atoms with Gasteiger partial charge >= 0.3 is 53.2 Å². The van der Waals surface area contributed by atoms with E-state index in [0.29, 0.717) is 0 Å². The molecule has 0 unspecified atom stereocenters. The van der Waals surface area contributed by atoms with Crippen LogP contribution >= 0.6 is 0 Å². The number of halogens is 2. The third-order valence-corrected chi connectivity index (χ3v) is 2.32. The molecule has 0 aliphatic heterocycles. The largest absolute Gasteiger partial charge is 1.00 e. The van der Waals surface area contributed by atoms with Gasteiger partial charge in [0.25, 0.3) is 0 Å². The first-order valence-electron chi connectivity index (χ1n) is 3.15. The molecule has 0 saturated heterocycles. The first-order valence-corrected chi connectivity index (χ1v) is 3.82. The van der Waals surface area contributed by atoms with Gasteiger partial charge in [0.2, 0.25) is 0 Å². The standard InChI is InChI=1S/C6H11.Al.2FH/c1-2-4-6-5-3-1;;;/h1H,2-6H2;;2*1H/q;+2;;/p-2. The Morgan fingerprint density at radius 3 is 1.56 bits per heavy atom. The van der Waals surface area contributed by atoms with Crippen molar-refractivity contribution in [1.29, 1.82) is 0 Å². The smallest absolute Gasteiger partial charge is 1.00 e. The predicted molar refractivity (Wildman–Crippen MR) is 32.6 cm³/mol. The molecule has 3 heteroatoms. The van der Waals surface area contributed by atoms with Crippen LogP contribution in [0.1, 0.15) is 32.1 Å². The van der Waals surface area contributed by atoms with Crippen LogP contribution in [-0.4, -0.2) is 16.3 Å². The van der Waals surface area contributed by atoms with Crippen LogP contribution in [0.5, 0.6) is 0 Å². The van der Waals surface area contributed by atoms with E-state index in [4.69, 9.17) is 0 Å². The Morgan fingerprint density at radius 2 is 1.33 bits per heavy atom. The quantitative estimate of drug-likeness (QED) is 0.306. The average molecular weight is 148 g/mol. The Labute approximate surface area is 63.2 Å². The summed E-state index contributed by atoms with van der Waals surface area (Å²) < 4.78 is 0.953. The molecule has 0 atom stereocenters. The zero-order valence-electron chi connectivity index (χ0n) is 5.45. The normalized spacial score (nSPS) is 19.8. The van der Waals surface area contributed by atoms with Gasteiger partial charge in [0.05, 0.1) is 0 Å². The van der Waals surface area contributed by atoms with E-state index in [2.05, 4.69) is 16.3 Å². The average Bonchev–Trinajstić information content (AvgIpc) is 1.69. The summed E-state index contributed by atoms with van der Waals surface area (Å²) in [5.41, 5.74) is 0. The molecule has 52 valence electrons. The minimum atomic E-state index is 0. The monoisotopic (exact) mass is 148 g/mol. The molecule has 1 saturated carbocycles. The van der Waals surface area contributed by atoms with Gasteiger partial charge in [0.15, 0.2) is 0 Å². The second kappa shape index (κ2) is 6.51. The fourth-order valence-corrected chi connectivity index (χ4v) is 1.61.